The Morgan fingerprint density at radius 1 is 1.10 bits per heavy atom. The van der Waals surface area contributed by atoms with E-state index in [-0.39, 0.29) is 12.3 Å². The molecule has 30 heavy (non-hydrogen) atoms. The molecule has 0 aliphatic carbocycles. The Labute approximate surface area is 183 Å². The Bertz CT molecular complexity index is 846. The number of halogens is 1. The van der Waals surface area contributed by atoms with E-state index in [0.29, 0.717) is 30.3 Å². The number of carbonyl (C=O) groups excluding carboxylic acids is 2. The van der Waals surface area contributed by atoms with Crippen LogP contribution in [0.15, 0.2) is 48.5 Å². The fourth-order valence-electron chi connectivity index (χ4n) is 2.87. The zero-order valence-electron chi connectivity index (χ0n) is 18.0. The third-order valence-electron chi connectivity index (χ3n) is 4.35. The highest BCUT2D eigenvalue weighted by atomic mass is 35.5. The summed E-state index contributed by atoms with van der Waals surface area (Å²) in [6.07, 6.45) is 0.398. The van der Waals surface area contributed by atoms with Crippen molar-refractivity contribution in [3.63, 3.8) is 0 Å². The molecule has 0 heterocycles. The van der Waals surface area contributed by atoms with Crippen molar-refractivity contribution in [3.05, 3.63) is 64.7 Å². The number of amides is 1. The third-order valence-corrected chi connectivity index (χ3v) is 4.78. The van der Waals surface area contributed by atoms with Gasteiger partial charge in [0, 0.05) is 17.3 Å². The first-order valence-electron chi connectivity index (χ1n) is 10.0. The van der Waals surface area contributed by atoms with Crippen LogP contribution in [0, 0.1) is 12.8 Å². The van der Waals surface area contributed by atoms with Gasteiger partial charge in [-0.1, -0.05) is 41.9 Å². The molecule has 2 aromatic rings. The summed E-state index contributed by atoms with van der Waals surface area (Å²) >= 11 is 6.05. The molecule has 0 bridgehead atoms. The number of aryl methyl sites for hydroxylation is 1. The van der Waals surface area contributed by atoms with Gasteiger partial charge < -0.3 is 14.8 Å². The quantitative estimate of drug-likeness (QED) is 0.418. The first kappa shape index (κ1) is 23.9. The maximum absolute atomic E-state index is 12.9. The number of benzene rings is 2. The molecule has 0 aliphatic rings. The summed E-state index contributed by atoms with van der Waals surface area (Å²) in [5.41, 5.74) is 1.96. The predicted octanol–water partition coefficient (Wildman–Crippen LogP) is 5.54. The minimum Gasteiger partial charge on any atom is -0.460 e. The Hall–Kier alpha value is -2.37. The minimum atomic E-state index is -0.602. The molecule has 0 aromatic heterocycles. The van der Waals surface area contributed by atoms with Gasteiger partial charge in [0.15, 0.2) is 0 Å². The fourth-order valence-corrected chi connectivity index (χ4v) is 2.98. The van der Waals surface area contributed by atoms with E-state index in [9.17, 15) is 9.59 Å². The molecule has 2 rings (SSSR count). The van der Waals surface area contributed by atoms with E-state index >= 15 is 0 Å². The predicted molar refractivity (Wildman–Crippen MR) is 119 cm³/mol. The molecule has 162 valence electrons. The Balaban J connectivity index is 1.98. The van der Waals surface area contributed by atoms with Gasteiger partial charge in [-0.15, -0.1) is 0 Å². The van der Waals surface area contributed by atoms with Crippen LogP contribution in [0.3, 0.4) is 0 Å². The summed E-state index contributed by atoms with van der Waals surface area (Å²) in [6, 6.07) is 15.1. The van der Waals surface area contributed by atoms with E-state index in [1.54, 1.807) is 39.0 Å². The topological polar surface area (TPSA) is 64.6 Å². The lowest BCUT2D eigenvalue weighted by Gasteiger charge is -2.22. The first-order chi connectivity index (χ1) is 14.1. The van der Waals surface area contributed by atoms with Gasteiger partial charge in [-0.2, -0.15) is 0 Å². The Morgan fingerprint density at radius 2 is 1.80 bits per heavy atom. The second-order valence-electron chi connectivity index (χ2n) is 8.27. The second-order valence-corrected chi connectivity index (χ2v) is 8.67. The van der Waals surface area contributed by atoms with Gasteiger partial charge in [0.05, 0.1) is 18.9 Å². The number of carbonyl (C=O) groups is 2. The number of nitrogens with one attached hydrogen (secondary N) is 1. The van der Waals surface area contributed by atoms with Crippen molar-refractivity contribution in [1.29, 1.82) is 0 Å². The number of hydrogen-bond acceptors (Lipinski definition) is 4. The highest BCUT2D eigenvalue weighted by Gasteiger charge is 2.25. The van der Waals surface area contributed by atoms with Crippen LogP contribution < -0.4 is 5.32 Å². The Morgan fingerprint density at radius 3 is 2.43 bits per heavy atom. The molecule has 1 atom stereocenters. The molecule has 0 fully saturated rings. The highest BCUT2D eigenvalue weighted by Crippen LogP contribution is 2.22. The molecule has 6 heteroatoms. The largest absolute Gasteiger partial charge is 0.460 e. The van der Waals surface area contributed by atoms with Gasteiger partial charge in [0.2, 0.25) is 5.91 Å². The standard InChI is InChI=1S/C24H30ClNO4/c1-17-14-20(10-11-21(17)25)26-23(28)19(15-22(27)30-24(2,3)4)12-13-29-16-18-8-6-5-7-9-18/h5-11,14,19H,12-13,15-16H2,1-4H3,(H,26,28)/t19-/m1/s1. The van der Waals surface area contributed by atoms with Crippen molar-refractivity contribution in [2.75, 3.05) is 11.9 Å². The number of hydrogen-bond donors (Lipinski definition) is 1. The number of rotatable bonds is 9. The lowest BCUT2D eigenvalue weighted by atomic mass is 10.00. The molecular formula is C24H30ClNO4. The molecule has 2 aromatic carbocycles. The van der Waals surface area contributed by atoms with Crippen LogP contribution >= 0.6 is 11.6 Å². The summed E-state index contributed by atoms with van der Waals surface area (Å²) in [6.45, 7) is 8.10. The number of ether oxygens (including phenoxy) is 2. The summed E-state index contributed by atoms with van der Waals surface area (Å²) < 4.78 is 11.1. The maximum atomic E-state index is 12.9. The molecule has 0 saturated carbocycles. The van der Waals surface area contributed by atoms with E-state index in [2.05, 4.69) is 5.32 Å². The monoisotopic (exact) mass is 431 g/mol. The average molecular weight is 432 g/mol. The average Bonchev–Trinajstić information content (AvgIpc) is 2.66. The van der Waals surface area contributed by atoms with E-state index in [0.717, 1.165) is 11.1 Å². The van der Waals surface area contributed by atoms with Crippen molar-refractivity contribution in [2.45, 2.75) is 52.7 Å². The van der Waals surface area contributed by atoms with Gasteiger partial charge in [-0.25, -0.2) is 0 Å². The zero-order valence-corrected chi connectivity index (χ0v) is 18.8. The van der Waals surface area contributed by atoms with Gasteiger partial charge in [-0.05, 0) is 63.4 Å². The van der Waals surface area contributed by atoms with Gasteiger partial charge in [-0.3, -0.25) is 9.59 Å². The molecule has 0 radical (unpaired) electrons. The molecule has 0 unspecified atom stereocenters. The van der Waals surface area contributed by atoms with Crippen molar-refractivity contribution in [1.82, 2.24) is 0 Å². The highest BCUT2D eigenvalue weighted by molar-refractivity contribution is 6.31. The molecular weight excluding hydrogens is 402 g/mol. The number of esters is 1. The third kappa shape index (κ3) is 8.56. The molecule has 5 nitrogen and oxygen atoms in total. The van der Waals surface area contributed by atoms with Gasteiger partial charge in [0.1, 0.15) is 5.60 Å². The minimum absolute atomic E-state index is 0.00955. The van der Waals surface area contributed by atoms with Crippen LogP contribution in [0.2, 0.25) is 5.02 Å². The molecule has 0 spiro atoms. The van der Waals surface area contributed by atoms with Gasteiger partial charge >= 0.3 is 5.97 Å². The molecule has 1 N–H and O–H groups in total. The SMILES string of the molecule is Cc1cc(NC(=O)[C@H](CCOCc2ccccc2)CC(=O)OC(C)(C)C)ccc1Cl. The fraction of sp³-hybridized carbons (Fsp3) is 0.417. The molecule has 0 aliphatic heterocycles. The normalized spacial score (nSPS) is 12.3. The van der Waals surface area contributed by atoms with E-state index in [1.165, 1.54) is 0 Å². The van der Waals surface area contributed by atoms with Crippen LogP contribution in [0.4, 0.5) is 5.69 Å². The Kier molecular flexibility index (Phi) is 8.88. The van der Waals surface area contributed by atoms with E-state index in [4.69, 9.17) is 21.1 Å². The summed E-state index contributed by atoms with van der Waals surface area (Å²) in [5, 5.41) is 3.51. The van der Waals surface area contributed by atoms with Crippen molar-refractivity contribution in [2.24, 2.45) is 5.92 Å². The maximum Gasteiger partial charge on any atom is 0.307 e. The van der Waals surface area contributed by atoms with Crippen LogP contribution in [-0.4, -0.2) is 24.1 Å². The van der Waals surface area contributed by atoms with Crippen LogP contribution in [0.5, 0.6) is 0 Å². The van der Waals surface area contributed by atoms with Crippen LogP contribution in [-0.2, 0) is 25.7 Å². The second kappa shape index (κ2) is 11.1. The summed E-state index contributed by atoms with van der Waals surface area (Å²) in [4.78, 5) is 25.2. The van der Waals surface area contributed by atoms with Crippen LogP contribution in [0.25, 0.3) is 0 Å². The van der Waals surface area contributed by atoms with Gasteiger partial charge in [0.25, 0.3) is 0 Å². The van der Waals surface area contributed by atoms with Crippen molar-refractivity contribution < 1.29 is 19.1 Å². The molecule has 1 amide bonds. The van der Waals surface area contributed by atoms with Crippen molar-refractivity contribution >= 4 is 29.2 Å². The molecule has 0 saturated heterocycles. The zero-order chi connectivity index (χ0) is 22.1. The van der Waals surface area contributed by atoms with E-state index in [1.807, 2.05) is 37.3 Å². The summed E-state index contributed by atoms with van der Waals surface area (Å²) in [7, 11) is 0. The lowest BCUT2D eigenvalue weighted by molar-refractivity contribution is -0.157. The van der Waals surface area contributed by atoms with E-state index < -0.39 is 17.5 Å². The number of anilines is 1. The first-order valence-corrected chi connectivity index (χ1v) is 10.4. The van der Waals surface area contributed by atoms with Crippen LogP contribution in [0.1, 0.15) is 44.7 Å². The lowest BCUT2D eigenvalue weighted by Crippen LogP contribution is -2.30. The summed E-state index contributed by atoms with van der Waals surface area (Å²) in [5.74, 6) is -1.21. The smallest absolute Gasteiger partial charge is 0.307 e. The van der Waals surface area contributed by atoms with Crippen molar-refractivity contribution in [3.8, 4) is 0 Å².